The number of nitrogens with two attached hydrogens (primary N) is 1. The smallest absolute Gasteiger partial charge is 0.0716 e. The van der Waals surface area contributed by atoms with Crippen LogP contribution in [0.5, 0.6) is 0 Å². The molecule has 0 aliphatic carbocycles. The number of hydrogen-bond acceptors (Lipinski definition) is 2. The van der Waals surface area contributed by atoms with Crippen molar-refractivity contribution >= 4 is 5.69 Å². The molecule has 0 amide bonds. The normalized spacial score (nSPS) is 10.1. The highest BCUT2D eigenvalue weighted by atomic mass is 16.5. The van der Waals surface area contributed by atoms with Crippen molar-refractivity contribution in [2.45, 2.75) is 20.0 Å². The minimum absolute atomic E-state index is 0.689. The van der Waals surface area contributed by atoms with Crippen LogP contribution in [0.3, 0.4) is 0 Å². The van der Waals surface area contributed by atoms with Crippen molar-refractivity contribution in [1.29, 1.82) is 0 Å². The maximum Gasteiger partial charge on any atom is 0.0716 e. The van der Waals surface area contributed by atoms with E-state index < -0.39 is 0 Å². The van der Waals surface area contributed by atoms with E-state index in [-0.39, 0.29) is 0 Å². The van der Waals surface area contributed by atoms with E-state index in [1.54, 1.807) is 0 Å². The molecule has 0 aromatic heterocycles. The van der Waals surface area contributed by atoms with Gasteiger partial charge in [-0.3, -0.25) is 0 Å². The summed E-state index contributed by atoms with van der Waals surface area (Å²) in [6.45, 7) is 3.61. The zero-order valence-corrected chi connectivity index (χ0v) is 7.42. The second-order valence-corrected chi connectivity index (χ2v) is 2.79. The van der Waals surface area contributed by atoms with Crippen molar-refractivity contribution in [3.05, 3.63) is 29.8 Å². The standard InChI is InChI=1S/C10H15NO/c1-2-7-12-8-9-3-5-10(11)6-4-9/h3-6H,2,7-8,11H2,1H3. The number of ether oxygens (including phenoxy) is 1. The van der Waals surface area contributed by atoms with Gasteiger partial charge in [-0.25, -0.2) is 0 Å². The number of benzene rings is 1. The van der Waals surface area contributed by atoms with E-state index in [4.69, 9.17) is 10.5 Å². The van der Waals surface area contributed by atoms with Crippen LogP contribution in [-0.2, 0) is 11.3 Å². The minimum Gasteiger partial charge on any atom is -0.399 e. The topological polar surface area (TPSA) is 35.2 Å². The molecule has 0 heterocycles. The second-order valence-electron chi connectivity index (χ2n) is 2.79. The van der Waals surface area contributed by atoms with E-state index in [1.165, 1.54) is 5.56 Å². The molecule has 1 aromatic rings. The summed E-state index contributed by atoms with van der Waals surface area (Å²) >= 11 is 0. The maximum atomic E-state index is 5.54. The molecule has 66 valence electrons. The molecular weight excluding hydrogens is 150 g/mol. The number of hydrogen-bond donors (Lipinski definition) is 1. The highest BCUT2D eigenvalue weighted by Crippen LogP contribution is 2.06. The number of anilines is 1. The highest BCUT2D eigenvalue weighted by Gasteiger charge is 1.91. The first-order chi connectivity index (χ1) is 5.83. The lowest BCUT2D eigenvalue weighted by atomic mass is 10.2. The minimum atomic E-state index is 0.689. The van der Waals surface area contributed by atoms with Crippen LogP contribution in [0.2, 0.25) is 0 Å². The summed E-state index contributed by atoms with van der Waals surface area (Å²) in [4.78, 5) is 0. The SMILES string of the molecule is CCCOCc1ccc(N)cc1. The maximum absolute atomic E-state index is 5.54. The largest absolute Gasteiger partial charge is 0.399 e. The molecule has 0 atom stereocenters. The zero-order chi connectivity index (χ0) is 8.81. The molecule has 0 saturated carbocycles. The summed E-state index contributed by atoms with van der Waals surface area (Å²) in [7, 11) is 0. The Balaban J connectivity index is 2.37. The molecule has 0 aliphatic heterocycles. The van der Waals surface area contributed by atoms with Crippen LogP contribution in [-0.4, -0.2) is 6.61 Å². The van der Waals surface area contributed by atoms with Crippen molar-refractivity contribution in [2.75, 3.05) is 12.3 Å². The third-order valence-corrected chi connectivity index (χ3v) is 1.60. The summed E-state index contributed by atoms with van der Waals surface area (Å²) in [5.41, 5.74) is 7.52. The van der Waals surface area contributed by atoms with E-state index in [1.807, 2.05) is 24.3 Å². The number of rotatable bonds is 4. The Bertz CT molecular complexity index is 218. The van der Waals surface area contributed by atoms with Crippen molar-refractivity contribution < 1.29 is 4.74 Å². The van der Waals surface area contributed by atoms with Gasteiger partial charge in [0.05, 0.1) is 6.61 Å². The van der Waals surface area contributed by atoms with Crippen LogP contribution in [0.4, 0.5) is 5.69 Å². The Labute approximate surface area is 73.3 Å². The predicted molar refractivity (Wildman–Crippen MR) is 50.8 cm³/mol. The fourth-order valence-electron chi connectivity index (χ4n) is 0.948. The van der Waals surface area contributed by atoms with Gasteiger partial charge in [-0.15, -0.1) is 0 Å². The first-order valence-corrected chi connectivity index (χ1v) is 4.25. The molecule has 12 heavy (non-hydrogen) atoms. The monoisotopic (exact) mass is 165 g/mol. The van der Waals surface area contributed by atoms with Gasteiger partial charge in [-0.05, 0) is 24.1 Å². The Morgan fingerprint density at radius 2 is 1.92 bits per heavy atom. The van der Waals surface area contributed by atoms with E-state index >= 15 is 0 Å². The lowest BCUT2D eigenvalue weighted by Gasteiger charge is -2.02. The first kappa shape index (κ1) is 9.07. The fraction of sp³-hybridized carbons (Fsp3) is 0.400. The van der Waals surface area contributed by atoms with Crippen LogP contribution >= 0.6 is 0 Å². The molecule has 2 heteroatoms. The van der Waals surface area contributed by atoms with Crippen molar-refractivity contribution in [1.82, 2.24) is 0 Å². The molecule has 0 bridgehead atoms. The van der Waals surface area contributed by atoms with Crippen LogP contribution < -0.4 is 5.73 Å². The van der Waals surface area contributed by atoms with Crippen LogP contribution in [0, 0.1) is 0 Å². The van der Waals surface area contributed by atoms with Crippen LogP contribution in [0.15, 0.2) is 24.3 Å². The van der Waals surface area contributed by atoms with Crippen LogP contribution in [0.25, 0.3) is 0 Å². The molecule has 0 aliphatic rings. The lowest BCUT2D eigenvalue weighted by Crippen LogP contribution is -1.94. The van der Waals surface area contributed by atoms with Gasteiger partial charge in [-0.2, -0.15) is 0 Å². The van der Waals surface area contributed by atoms with Gasteiger partial charge < -0.3 is 10.5 Å². The van der Waals surface area contributed by atoms with Crippen molar-refractivity contribution in [3.8, 4) is 0 Å². The van der Waals surface area contributed by atoms with E-state index in [9.17, 15) is 0 Å². The Hall–Kier alpha value is -1.02. The van der Waals surface area contributed by atoms with Gasteiger partial charge in [0.2, 0.25) is 0 Å². The summed E-state index contributed by atoms with van der Waals surface area (Å²) in [5, 5.41) is 0. The third kappa shape index (κ3) is 2.93. The quantitative estimate of drug-likeness (QED) is 0.548. The Morgan fingerprint density at radius 1 is 1.25 bits per heavy atom. The predicted octanol–water partition coefficient (Wildman–Crippen LogP) is 2.20. The molecule has 0 saturated heterocycles. The summed E-state index contributed by atoms with van der Waals surface area (Å²) < 4.78 is 5.37. The lowest BCUT2D eigenvalue weighted by molar-refractivity contribution is 0.121. The zero-order valence-electron chi connectivity index (χ0n) is 7.42. The number of nitrogen functional groups attached to an aromatic ring is 1. The van der Waals surface area contributed by atoms with Gasteiger partial charge in [0.25, 0.3) is 0 Å². The van der Waals surface area contributed by atoms with E-state index in [0.29, 0.717) is 6.61 Å². The highest BCUT2D eigenvalue weighted by molar-refractivity contribution is 5.38. The van der Waals surface area contributed by atoms with Crippen molar-refractivity contribution in [2.24, 2.45) is 0 Å². The molecule has 2 nitrogen and oxygen atoms in total. The molecule has 1 rings (SSSR count). The average molecular weight is 165 g/mol. The van der Waals surface area contributed by atoms with Crippen LogP contribution in [0.1, 0.15) is 18.9 Å². The molecule has 0 spiro atoms. The first-order valence-electron chi connectivity index (χ1n) is 4.25. The van der Waals surface area contributed by atoms with Gasteiger partial charge in [0, 0.05) is 12.3 Å². The third-order valence-electron chi connectivity index (χ3n) is 1.60. The van der Waals surface area contributed by atoms with Gasteiger partial charge >= 0.3 is 0 Å². The summed E-state index contributed by atoms with van der Waals surface area (Å²) in [6, 6.07) is 7.77. The second kappa shape index (κ2) is 4.78. The Kier molecular flexibility index (Phi) is 3.61. The molecule has 0 unspecified atom stereocenters. The molecular formula is C10H15NO. The molecule has 0 fully saturated rings. The molecule has 2 N–H and O–H groups in total. The summed E-state index contributed by atoms with van der Waals surface area (Å²) in [5.74, 6) is 0. The van der Waals surface area contributed by atoms with Crippen molar-refractivity contribution in [3.63, 3.8) is 0 Å². The molecule has 0 radical (unpaired) electrons. The van der Waals surface area contributed by atoms with Gasteiger partial charge in [-0.1, -0.05) is 19.1 Å². The average Bonchev–Trinajstić information content (AvgIpc) is 2.09. The summed E-state index contributed by atoms with van der Waals surface area (Å²) in [6.07, 6.45) is 1.06. The van der Waals surface area contributed by atoms with E-state index in [0.717, 1.165) is 18.7 Å². The van der Waals surface area contributed by atoms with Gasteiger partial charge in [0.1, 0.15) is 0 Å². The molecule has 1 aromatic carbocycles. The fourth-order valence-corrected chi connectivity index (χ4v) is 0.948. The van der Waals surface area contributed by atoms with Gasteiger partial charge in [0.15, 0.2) is 0 Å². The van der Waals surface area contributed by atoms with E-state index in [2.05, 4.69) is 6.92 Å². The Morgan fingerprint density at radius 3 is 2.50 bits per heavy atom.